The van der Waals surface area contributed by atoms with Gasteiger partial charge in [0.15, 0.2) is 17.5 Å². The van der Waals surface area contributed by atoms with E-state index in [1.54, 1.807) is 0 Å². The lowest BCUT2D eigenvalue weighted by atomic mass is 10.4. The minimum atomic E-state index is -4.58. The lowest BCUT2D eigenvalue weighted by Gasteiger charge is -2.05. The molecule has 0 atom stereocenters. The highest BCUT2D eigenvalue weighted by Crippen LogP contribution is 2.06. The fourth-order valence-electron chi connectivity index (χ4n) is 0.675. The van der Waals surface area contributed by atoms with E-state index in [2.05, 4.69) is 11.9 Å². The highest BCUT2D eigenvalue weighted by Gasteiger charge is 2.16. The van der Waals surface area contributed by atoms with Crippen LogP contribution in [-0.4, -0.2) is 25.5 Å². The summed E-state index contributed by atoms with van der Waals surface area (Å²) in [5, 5.41) is 2.23. The van der Waals surface area contributed by atoms with Crippen LogP contribution in [0.3, 0.4) is 0 Å². The summed E-state index contributed by atoms with van der Waals surface area (Å²) in [7, 11) is -4.58. The van der Waals surface area contributed by atoms with E-state index in [4.69, 9.17) is 4.55 Å². The molecule has 0 aromatic rings. The number of hydrogen-bond donors (Lipinski definition) is 2. The van der Waals surface area contributed by atoms with Crippen molar-refractivity contribution >= 4 is 22.7 Å². The molecule has 0 saturated heterocycles. The second kappa shape index (κ2) is 4.68. The third-order valence-corrected chi connectivity index (χ3v) is 2.20. The SMILES string of the molecule is C=C(C=O)NC(C)=C(C=O)S(=O)(=O)O. The van der Waals surface area contributed by atoms with Gasteiger partial charge in [-0.3, -0.25) is 14.1 Å². The first kappa shape index (κ1) is 12.5. The molecular weight excluding hydrogens is 210 g/mol. The molecule has 14 heavy (non-hydrogen) atoms. The van der Waals surface area contributed by atoms with Crippen molar-refractivity contribution in [2.75, 3.05) is 0 Å². The number of rotatable bonds is 5. The van der Waals surface area contributed by atoms with E-state index in [0.29, 0.717) is 6.29 Å². The van der Waals surface area contributed by atoms with E-state index in [9.17, 15) is 18.0 Å². The Labute approximate surface area is 81.1 Å². The van der Waals surface area contributed by atoms with E-state index in [1.165, 1.54) is 6.92 Å². The Hall–Kier alpha value is -1.47. The van der Waals surface area contributed by atoms with Crippen molar-refractivity contribution in [2.45, 2.75) is 6.92 Å². The summed E-state index contributed by atoms with van der Waals surface area (Å²) in [4.78, 5) is 19.6. The molecule has 0 radical (unpaired) electrons. The summed E-state index contributed by atoms with van der Waals surface area (Å²) in [5.74, 6) is 0. The Bertz CT molecular complexity index is 392. The van der Waals surface area contributed by atoms with Gasteiger partial charge in [0.25, 0.3) is 10.1 Å². The third-order valence-electron chi connectivity index (χ3n) is 1.24. The standard InChI is InChI=1S/C7H9NO5S/c1-5(3-9)8-6(2)7(4-10)14(11,12)13/h3-4,8H,1H2,2H3,(H,11,12,13). The van der Waals surface area contributed by atoms with E-state index in [-0.39, 0.29) is 17.7 Å². The van der Waals surface area contributed by atoms with Gasteiger partial charge < -0.3 is 5.32 Å². The molecule has 2 N–H and O–H groups in total. The van der Waals surface area contributed by atoms with Crippen LogP contribution in [0.15, 0.2) is 22.9 Å². The molecule has 0 bridgehead atoms. The average Bonchev–Trinajstić information content (AvgIpc) is 2.02. The molecule has 0 unspecified atom stereocenters. The molecule has 0 aliphatic heterocycles. The summed E-state index contributed by atoms with van der Waals surface area (Å²) in [6.45, 7) is 4.42. The second-order valence-corrected chi connectivity index (χ2v) is 3.74. The number of aldehydes is 2. The first-order valence-electron chi connectivity index (χ1n) is 3.37. The van der Waals surface area contributed by atoms with Crippen LogP contribution in [-0.2, 0) is 19.7 Å². The van der Waals surface area contributed by atoms with Crippen LogP contribution < -0.4 is 5.32 Å². The van der Waals surface area contributed by atoms with Gasteiger partial charge in [-0.05, 0) is 6.92 Å². The molecule has 78 valence electrons. The molecule has 0 aromatic carbocycles. The number of allylic oxidation sites excluding steroid dienone is 3. The van der Waals surface area contributed by atoms with Crippen LogP contribution in [0.4, 0.5) is 0 Å². The van der Waals surface area contributed by atoms with Crippen molar-refractivity contribution in [3.8, 4) is 0 Å². The van der Waals surface area contributed by atoms with Gasteiger partial charge in [0.05, 0.1) is 5.70 Å². The number of hydrogen-bond acceptors (Lipinski definition) is 5. The normalized spacial score (nSPS) is 12.7. The maximum atomic E-state index is 10.6. The molecule has 0 aliphatic rings. The monoisotopic (exact) mass is 219 g/mol. The van der Waals surface area contributed by atoms with Crippen LogP contribution in [0, 0.1) is 0 Å². The Kier molecular flexibility index (Phi) is 4.19. The van der Waals surface area contributed by atoms with Crippen molar-refractivity contribution in [2.24, 2.45) is 0 Å². The van der Waals surface area contributed by atoms with Gasteiger partial charge >= 0.3 is 0 Å². The molecular formula is C7H9NO5S. The van der Waals surface area contributed by atoms with Gasteiger partial charge in [-0.1, -0.05) is 6.58 Å². The van der Waals surface area contributed by atoms with Crippen molar-refractivity contribution < 1.29 is 22.6 Å². The zero-order chi connectivity index (χ0) is 11.4. The summed E-state index contributed by atoms with van der Waals surface area (Å²) in [5.41, 5.74) is -0.287. The van der Waals surface area contributed by atoms with Crippen LogP contribution in [0.1, 0.15) is 6.92 Å². The first-order chi connectivity index (χ1) is 6.32. The second-order valence-electron chi connectivity index (χ2n) is 2.35. The molecule has 0 aliphatic carbocycles. The van der Waals surface area contributed by atoms with E-state index in [1.807, 2.05) is 0 Å². The predicted molar refractivity (Wildman–Crippen MR) is 48.7 cm³/mol. The summed E-state index contributed by atoms with van der Waals surface area (Å²) in [6, 6.07) is 0. The van der Waals surface area contributed by atoms with E-state index in [0.717, 1.165) is 0 Å². The first-order valence-corrected chi connectivity index (χ1v) is 4.81. The van der Waals surface area contributed by atoms with Crippen LogP contribution in [0.5, 0.6) is 0 Å². The quantitative estimate of drug-likeness (QED) is 0.371. The van der Waals surface area contributed by atoms with Crippen molar-refractivity contribution in [3.05, 3.63) is 22.9 Å². The number of carbonyl (C=O) groups is 2. The lowest BCUT2D eigenvalue weighted by molar-refractivity contribution is -0.105. The van der Waals surface area contributed by atoms with Gasteiger partial charge in [-0.25, -0.2) is 0 Å². The van der Waals surface area contributed by atoms with Crippen molar-refractivity contribution in [3.63, 3.8) is 0 Å². The maximum Gasteiger partial charge on any atom is 0.299 e. The topological polar surface area (TPSA) is 101 Å². The summed E-state index contributed by atoms with van der Waals surface area (Å²) < 4.78 is 29.7. The molecule has 0 saturated carbocycles. The zero-order valence-corrected chi connectivity index (χ0v) is 8.17. The molecule has 0 amide bonds. The molecule has 0 heterocycles. The highest BCUT2D eigenvalue weighted by molar-refractivity contribution is 7.90. The smallest absolute Gasteiger partial charge is 0.299 e. The molecule has 6 nitrogen and oxygen atoms in total. The summed E-state index contributed by atoms with van der Waals surface area (Å²) in [6.07, 6.45) is 0.311. The van der Waals surface area contributed by atoms with Gasteiger partial charge in [0, 0.05) is 5.70 Å². The Morgan fingerprint density at radius 1 is 1.36 bits per heavy atom. The van der Waals surface area contributed by atoms with Crippen LogP contribution in [0.2, 0.25) is 0 Å². The average molecular weight is 219 g/mol. The molecule has 0 fully saturated rings. The Morgan fingerprint density at radius 2 is 1.86 bits per heavy atom. The molecule has 7 heteroatoms. The fourth-order valence-corrected chi connectivity index (χ4v) is 1.23. The Morgan fingerprint density at radius 3 is 2.14 bits per heavy atom. The van der Waals surface area contributed by atoms with E-state index >= 15 is 0 Å². The van der Waals surface area contributed by atoms with Gasteiger partial charge in [-0.15, -0.1) is 0 Å². The molecule has 0 spiro atoms. The zero-order valence-electron chi connectivity index (χ0n) is 7.35. The lowest BCUT2D eigenvalue weighted by Crippen LogP contribution is -2.17. The largest absolute Gasteiger partial charge is 0.356 e. The minimum absolute atomic E-state index is 0.0320. The minimum Gasteiger partial charge on any atom is -0.356 e. The number of carbonyl (C=O) groups excluding carboxylic acids is 2. The van der Waals surface area contributed by atoms with Crippen LogP contribution >= 0.6 is 0 Å². The third kappa shape index (κ3) is 3.50. The number of nitrogens with one attached hydrogen (secondary N) is 1. The van der Waals surface area contributed by atoms with Crippen molar-refractivity contribution in [1.29, 1.82) is 0 Å². The molecule has 0 aromatic heterocycles. The molecule has 0 rings (SSSR count). The Balaban J connectivity index is 5.15. The van der Waals surface area contributed by atoms with Crippen molar-refractivity contribution in [1.82, 2.24) is 5.32 Å². The summed E-state index contributed by atoms with van der Waals surface area (Å²) >= 11 is 0. The van der Waals surface area contributed by atoms with Gasteiger partial charge in [0.1, 0.15) is 0 Å². The predicted octanol–water partition coefficient (Wildman–Crippen LogP) is -0.393. The fraction of sp³-hybridized carbons (Fsp3) is 0.143. The van der Waals surface area contributed by atoms with Gasteiger partial charge in [-0.2, -0.15) is 8.42 Å². The van der Waals surface area contributed by atoms with Crippen LogP contribution in [0.25, 0.3) is 0 Å². The highest BCUT2D eigenvalue weighted by atomic mass is 32.2. The maximum absolute atomic E-state index is 10.6. The van der Waals surface area contributed by atoms with Gasteiger partial charge in [0.2, 0.25) is 0 Å². The van der Waals surface area contributed by atoms with E-state index < -0.39 is 15.0 Å².